The Hall–Kier alpha value is -1.55. The third-order valence-electron chi connectivity index (χ3n) is 3.35. The van der Waals surface area contributed by atoms with E-state index < -0.39 is 0 Å². The van der Waals surface area contributed by atoms with E-state index in [-0.39, 0.29) is 24.2 Å². The maximum Gasteiger partial charge on any atom is 0.251 e. The van der Waals surface area contributed by atoms with Crippen molar-refractivity contribution in [3.05, 3.63) is 29.8 Å². The Balaban J connectivity index is 2.72. The topological polar surface area (TPSA) is 58.6 Å². The highest BCUT2D eigenvalue weighted by molar-refractivity contribution is 5.94. The van der Waals surface area contributed by atoms with Gasteiger partial charge in [0.15, 0.2) is 0 Å². The van der Waals surface area contributed by atoms with Crippen molar-refractivity contribution in [1.82, 2.24) is 5.32 Å². The first-order valence-electron chi connectivity index (χ1n) is 7.10. The Labute approximate surface area is 121 Å². The maximum absolute atomic E-state index is 12.2. The molecule has 0 aliphatic rings. The summed E-state index contributed by atoms with van der Waals surface area (Å²) in [6.45, 7) is 7.92. The van der Waals surface area contributed by atoms with Crippen molar-refractivity contribution < 1.29 is 14.6 Å². The summed E-state index contributed by atoms with van der Waals surface area (Å²) >= 11 is 0. The van der Waals surface area contributed by atoms with Crippen LogP contribution in [0.15, 0.2) is 24.3 Å². The Bertz CT molecular complexity index is 428. The second kappa shape index (κ2) is 7.29. The minimum absolute atomic E-state index is 0.0613. The van der Waals surface area contributed by atoms with Crippen LogP contribution >= 0.6 is 0 Å². The lowest BCUT2D eigenvalue weighted by atomic mass is 9.94. The van der Waals surface area contributed by atoms with Crippen LogP contribution in [0.1, 0.15) is 50.9 Å². The lowest BCUT2D eigenvalue weighted by Crippen LogP contribution is -2.46. The van der Waals surface area contributed by atoms with E-state index >= 15 is 0 Å². The summed E-state index contributed by atoms with van der Waals surface area (Å²) < 4.78 is 5.54. The summed E-state index contributed by atoms with van der Waals surface area (Å²) in [6.07, 6.45) is 1.43. The number of rotatable bonds is 7. The smallest absolute Gasteiger partial charge is 0.251 e. The number of hydrogen-bond donors (Lipinski definition) is 2. The Morgan fingerprint density at radius 1 is 1.35 bits per heavy atom. The van der Waals surface area contributed by atoms with E-state index in [0.717, 1.165) is 12.2 Å². The van der Waals surface area contributed by atoms with Gasteiger partial charge in [-0.05, 0) is 57.9 Å². The number of amides is 1. The molecule has 1 rings (SSSR count). The molecule has 0 saturated carbocycles. The SMILES string of the molecule is CCC(C)(CCO)NC(=O)c1ccc(OC(C)C)cc1. The number of aliphatic hydroxyl groups excluding tert-OH is 1. The molecule has 0 aromatic heterocycles. The number of nitrogens with one attached hydrogen (secondary N) is 1. The first-order chi connectivity index (χ1) is 9.40. The average Bonchev–Trinajstić information content (AvgIpc) is 2.39. The Kier molecular flexibility index (Phi) is 6.02. The number of aliphatic hydroxyl groups is 1. The molecule has 4 nitrogen and oxygen atoms in total. The van der Waals surface area contributed by atoms with Crippen LogP contribution in [-0.2, 0) is 0 Å². The van der Waals surface area contributed by atoms with Crippen LogP contribution in [0.25, 0.3) is 0 Å². The van der Waals surface area contributed by atoms with Crippen molar-refractivity contribution in [1.29, 1.82) is 0 Å². The van der Waals surface area contributed by atoms with E-state index in [1.807, 2.05) is 27.7 Å². The van der Waals surface area contributed by atoms with Gasteiger partial charge in [0.25, 0.3) is 5.91 Å². The van der Waals surface area contributed by atoms with E-state index in [1.54, 1.807) is 24.3 Å². The summed E-state index contributed by atoms with van der Waals surface area (Å²) in [7, 11) is 0. The maximum atomic E-state index is 12.2. The quantitative estimate of drug-likeness (QED) is 0.807. The fraction of sp³-hybridized carbons (Fsp3) is 0.562. The first kappa shape index (κ1) is 16.5. The lowest BCUT2D eigenvalue weighted by molar-refractivity contribution is 0.0886. The van der Waals surface area contributed by atoms with Gasteiger partial charge in [0.1, 0.15) is 5.75 Å². The minimum atomic E-state index is -0.376. The molecule has 0 saturated heterocycles. The standard InChI is InChI=1S/C16H25NO3/c1-5-16(4,10-11-18)17-15(19)13-6-8-14(9-7-13)20-12(2)3/h6-9,12,18H,5,10-11H2,1-4H3,(H,17,19). The van der Waals surface area contributed by atoms with Crippen molar-refractivity contribution >= 4 is 5.91 Å². The molecule has 20 heavy (non-hydrogen) atoms. The average molecular weight is 279 g/mol. The van der Waals surface area contributed by atoms with Crippen LogP contribution < -0.4 is 10.1 Å². The third kappa shape index (κ3) is 4.85. The first-order valence-corrected chi connectivity index (χ1v) is 7.10. The van der Waals surface area contributed by atoms with Crippen LogP contribution in [-0.4, -0.2) is 29.3 Å². The highest BCUT2D eigenvalue weighted by atomic mass is 16.5. The van der Waals surface area contributed by atoms with Gasteiger partial charge in [0.2, 0.25) is 0 Å². The molecule has 0 spiro atoms. The molecule has 112 valence electrons. The van der Waals surface area contributed by atoms with Crippen LogP contribution in [0.3, 0.4) is 0 Å². The van der Waals surface area contributed by atoms with E-state index in [2.05, 4.69) is 5.32 Å². The van der Waals surface area contributed by atoms with Gasteiger partial charge in [-0.1, -0.05) is 6.92 Å². The fourth-order valence-corrected chi connectivity index (χ4v) is 1.88. The predicted molar refractivity (Wildman–Crippen MR) is 80.1 cm³/mol. The molecular formula is C16H25NO3. The zero-order valence-electron chi connectivity index (χ0n) is 12.8. The van der Waals surface area contributed by atoms with Crippen molar-refractivity contribution in [2.75, 3.05) is 6.61 Å². The molecule has 1 atom stereocenters. The molecule has 1 unspecified atom stereocenters. The van der Waals surface area contributed by atoms with Crippen molar-refractivity contribution in [3.8, 4) is 5.75 Å². The normalized spacial score (nSPS) is 13.9. The Morgan fingerprint density at radius 3 is 2.40 bits per heavy atom. The second-order valence-corrected chi connectivity index (χ2v) is 5.53. The molecule has 4 heteroatoms. The molecule has 1 amide bonds. The highest BCUT2D eigenvalue weighted by Gasteiger charge is 2.24. The minimum Gasteiger partial charge on any atom is -0.491 e. The largest absolute Gasteiger partial charge is 0.491 e. The van der Waals surface area contributed by atoms with Crippen LogP contribution in [0.5, 0.6) is 5.75 Å². The number of ether oxygens (including phenoxy) is 1. The summed E-state index contributed by atoms with van der Waals surface area (Å²) in [4.78, 5) is 12.2. The van der Waals surface area contributed by atoms with Gasteiger partial charge in [0, 0.05) is 17.7 Å². The molecule has 0 heterocycles. The van der Waals surface area contributed by atoms with Crippen LogP contribution in [0.4, 0.5) is 0 Å². The van der Waals surface area contributed by atoms with Crippen LogP contribution in [0, 0.1) is 0 Å². The molecule has 2 N–H and O–H groups in total. The van der Waals surface area contributed by atoms with E-state index in [9.17, 15) is 4.79 Å². The van der Waals surface area contributed by atoms with Crippen molar-refractivity contribution in [3.63, 3.8) is 0 Å². The monoisotopic (exact) mass is 279 g/mol. The summed E-state index contributed by atoms with van der Waals surface area (Å²) in [5.74, 6) is 0.629. The summed E-state index contributed by atoms with van der Waals surface area (Å²) in [5, 5.41) is 12.0. The zero-order valence-corrected chi connectivity index (χ0v) is 12.8. The zero-order chi connectivity index (χ0) is 15.2. The van der Waals surface area contributed by atoms with Gasteiger partial charge in [0.05, 0.1) is 6.10 Å². The molecule has 1 aromatic carbocycles. The highest BCUT2D eigenvalue weighted by Crippen LogP contribution is 2.17. The van der Waals surface area contributed by atoms with E-state index in [1.165, 1.54) is 0 Å². The Morgan fingerprint density at radius 2 is 1.95 bits per heavy atom. The molecule has 0 aliphatic carbocycles. The van der Waals surface area contributed by atoms with Crippen LogP contribution in [0.2, 0.25) is 0 Å². The van der Waals surface area contributed by atoms with Gasteiger partial charge in [-0.2, -0.15) is 0 Å². The molecule has 0 aliphatic heterocycles. The third-order valence-corrected chi connectivity index (χ3v) is 3.35. The fourth-order valence-electron chi connectivity index (χ4n) is 1.88. The second-order valence-electron chi connectivity index (χ2n) is 5.53. The molecule has 1 aromatic rings. The van der Waals surface area contributed by atoms with E-state index in [0.29, 0.717) is 12.0 Å². The predicted octanol–water partition coefficient (Wildman–Crippen LogP) is 2.75. The van der Waals surface area contributed by atoms with Gasteiger partial charge >= 0.3 is 0 Å². The molecule has 0 radical (unpaired) electrons. The number of carbonyl (C=O) groups excluding carboxylic acids is 1. The van der Waals surface area contributed by atoms with E-state index in [4.69, 9.17) is 9.84 Å². The molecule has 0 bridgehead atoms. The number of benzene rings is 1. The van der Waals surface area contributed by atoms with Gasteiger partial charge in [-0.25, -0.2) is 0 Å². The summed E-state index contributed by atoms with van der Waals surface area (Å²) in [6, 6.07) is 7.10. The number of carbonyl (C=O) groups is 1. The van der Waals surface area contributed by atoms with Gasteiger partial charge < -0.3 is 15.2 Å². The van der Waals surface area contributed by atoms with Crippen molar-refractivity contribution in [2.24, 2.45) is 0 Å². The number of hydrogen-bond acceptors (Lipinski definition) is 3. The molecule has 0 fully saturated rings. The lowest BCUT2D eigenvalue weighted by Gasteiger charge is -2.29. The summed E-state index contributed by atoms with van der Waals surface area (Å²) in [5.41, 5.74) is 0.220. The van der Waals surface area contributed by atoms with Gasteiger partial charge in [-0.3, -0.25) is 4.79 Å². The van der Waals surface area contributed by atoms with Crippen molar-refractivity contribution in [2.45, 2.75) is 52.2 Å². The molecular weight excluding hydrogens is 254 g/mol. The van der Waals surface area contributed by atoms with Gasteiger partial charge in [-0.15, -0.1) is 0 Å².